The Labute approximate surface area is 73.6 Å². The molecular weight excluding hydrogens is 111 g/mol. The number of aliphatic hydroxyl groups is 1. The second-order valence-electron chi connectivity index (χ2n) is 1.94. The van der Waals surface area contributed by atoms with E-state index in [1.165, 1.54) is 12.8 Å². The van der Waals surface area contributed by atoms with Crippen LogP contribution >= 0.6 is 0 Å². The fourth-order valence-corrected chi connectivity index (χ4v) is 0.821. The van der Waals surface area contributed by atoms with Gasteiger partial charge < -0.3 is 6.53 Å². The minimum absolute atomic E-state index is 0. The monoisotopic (exact) mass is 122 g/mol. The van der Waals surface area contributed by atoms with E-state index < -0.39 is 0 Å². The molecule has 0 aliphatic heterocycles. The molecule has 0 fully saturated rings. The fourth-order valence-electron chi connectivity index (χ4n) is 0.821. The van der Waals surface area contributed by atoms with Gasteiger partial charge in [0.1, 0.15) is 0 Å². The first-order chi connectivity index (χ1) is 3.39. The number of aliphatic hydroxyl groups excluding tert-OH is 1. The second-order valence-corrected chi connectivity index (χ2v) is 1.94. The summed E-state index contributed by atoms with van der Waals surface area (Å²) in [6, 6.07) is 0. The Balaban J connectivity index is 0. The molecule has 1 N–H and O–H groups in total. The third-order valence-corrected chi connectivity index (χ3v) is 1.27. The normalized spacial score (nSPS) is 18.8. The molecule has 42 valence electrons. The van der Waals surface area contributed by atoms with Crippen molar-refractivity contribution in [3.63, 3.8) is 0 Å². The van der Waals surface area contributed by atoms with E-state index in [4.69, 9.17) is 5.11 Å². The van der Waals surface area contributed by atoms with Gasteiger partial charge in [-0.3, -0.25) is 0 Å². The molecule has 0 aromatic carbocycles. The molecule has 1 aliphatic carbocycles. The summed E-state index contributed by atoms with van der Waals surface area (Å²) in [4.78, 5) is 0. The molecular formula is C6H11NaO. The first-order valence-corrected chi connectivity index (χ1v) is 2.77. The van der Waals surface area contributed by atoms with Crippen molar-refractivity contribution in [2.45, 2.75) is 25.7 Å². The van der Waals surface area contributed by atoms with Gasteiger partial charge in [0.25, 0.3) is 0 Å². The second kappa shape index (κ2) is 4.42. The summed E-state index contributed by atoms with van der Waals surface area (Å²) in [6.07, 6.45) is 6.31. The van der Waals surface area contributed by atoms with Crippen LogP contribution in [-0.2, 0) is 0 Å². The van der Waals surface area contributed by atoms with Crippen LogP contribution in [0.3, 0.4) is 0 Å². The maximum Gasteiger partial charge on any atom is 1.00 e. The van der Waals surface area contributed by atoms with Crippen LogP contribution in [0.1, 0.15) is 27.1 Å². The third-order valence-electron chi connectivity index (χ3n) is 1.27. The minimum Gasteiger partial charge on any atom is -1.00 e. The molecule has 0 saturated carbocycles. The Morgan fingerprint density at radius 3 is 2.50 bits per heavy atom. The summed E-state index contributed by atoms with van der Waals surface area (Å²) in [5, 5.41) is 8.77. The molecule has 0 amide bonds. The first-order valence-electron chi connectivity index (χ1n) is 2.77. The molecule has 0 unspecified atom stereocenters. The van der Waals surface area contributed by atoms with E-state index in [0.29, 0.717) is 5.76 Å². The number of allylic oxidation sites excluding steroid dienone is 2. The van der Waals surface area contributed by atoms with E-state index in [1.54, 1.807) is 0 Å². The molecule has 1 rings (SSSR count). The van der Waals surface area contributed by atoms with Gasteiger partial charge in [-0.15, -0.1) is 0 Å². The summed E-state index contributed by atoms with van der Waals surface area (Å²) >= 11 is 0. The maximum absolute atomic E-state index is 8.77. The van der Waals surface area contributed by atoms with Crippen LogP contribution in [0.5, 0.6) is 0 Å². The quantitative estimate of drug-likeness (QED) is 0.414. The predicted octanol–water partition coefficient (Wildman–Crippen LogP) is -0.881. The molecule has 0 saturated heterocycles. The minimum atomic E-state index is 0. The predicted molar refractivity (Wildman–Crippen MR) is 30.3 cm³/mol. The number of hydrogen-bond donors (Lipinski definition) is 1. The summed E-state index contributed by atoms with van der Waals surface area (Å²) < 4.78 is 0. The van der Waals surface area contributed by atoms with Gasteiger partial charge in [0.15, 0.2) is 0 Å². The van der Waals surface area contributed by atoms with Crippen LogP contribution in [0, 0.1) is 0 Å². The van der Waals surface area contributed by atoms with Crippen LogP contribution in [0.15, 0.2) is 11.8 Å². The number of rotatable bonds is 0. The Morgan fingerprint density at radius 1 is 1.50 bits per heavy atom. The average molecular weight is 122 g/mol. The van der Waals surface area contributed by atoms with Crippen molar-refractivity contribution in [1.82, 2.24) is 0 Å². The first kappa shape index (κ1) is 8.54. The molecule has 8 heavy (non-hydrogen) atoms. The summed E-state index contributed by atoms with van der Waals surface area (Å²) in [5.41, 5.74) is 0. The van der Waals surface area contributed by atoms with E-state index in [0.717, 1.165) is 12.8 Å². The van der Waals surface area contributed by atoms with E-state index in [9.17, 15) is 0 Å². The standard InChI is InChI=1S/C6H10O.Na.H/c7-6-4-2-1-3-5-6;;/h4,7H,1-3,5H2;;/q;+1;-1. The summed E-state index contributed by atoms with van der Waals surface area (Å²) in [7, 11) is 0. The van der Waals surface area contributed by atoms with Crippen molar-refractivity contribution < 1.29 is 36.1 Å². The SMILES string of the molecule is OC1=CCCCC1.[H-].[Na+]. The maximum atomic E-state index is 8.77. The van der Waals surface area contributed by atoms with Gasteiger partial charge in [-0.2, -0.15) is 0 Å². The smallest absolute Gasteiger partial charge is 1.00 e. The van der Waals surface area contributed by atoms with Crippen LogP contribution in [-0.4, -0.2) is 5.11 Å². The summed E-state index contributed by atoms with van der Waals surface area (Å²) in [5.74, 6) is 0.589. The molecule has 0 radical (unpaired) electrons. The Hall–Kier alpha value is 0.540. The van der Waals surface area contributed by atoms with Gasteiger partial charge in [0.2, 0.25) is 0 Å². The van der Waals surface area contributed by atoms with Crippen molar-refractivity contribution >= 4 is 0 Å². The zero-order chi connectivity index (χ0) is 5.11. The topological polar surface area (TPSA) is 20.2 Å². The van der Waals surface area contributed by atoms with Crippen molar-refractivity contribution in [2.24, 2.45) is 0 Å². The van der Waals surface area contributed by atoms with Crippen LogP contribution in [0.4, 0.5) is 0 Å². The van der Waals surface area contributed by atoms with Gasteiger partial charge in [-0.05, 0) is 25.3 Å². The third kappa shape index (κ3) is 2.75. The zero-order valence-electron chi connectivity index (χ0n) is 6.35. The molecule has 0 spiro atoms. The van der Waals surface area contributed by atoms with Crippen molar-refractivity contribution in [3.05, 3.63) is 11.8 Å². The van der Waals surface area contributed by atoms with E-state index in [2.05, 4.69) is 0 Å². The largest absolute Gasteiger partial charge is 1.00 e. The Bertz CT molecular complexity index is 93.1. The van der Waals surface area contributed by atoms with Gasteiger partial charge in [0.05, 0.1) is 5.76 Å². The van der Waals surface area contributed by atoms with Gasteiger partial charge in [-0.1, -0.05) is 0 Å². The Morgan fingerprint density at radius 2 is 2.25 bits per heavy atom. The van der Waals surface area contributed by atoms with Crippen LogP contribution in [0.25, 0.3) is 0 Å². The Kier molecular flexibility index (Phi) is 4.72. The molecule has 0 atom stereocenters. The van der Waals surface area contributed by atoms with E-state index in [1.807, 2.05) is 6.08 Å². The average Bonchev–Trinajstić information content (AvgIpc) is 1.69. The molecule has 2 heteroatoms. The van der Waals surface area contributed by atoms with Gasteiger partial charge in [-0.25, -0.2) is 0 Å². The van der Waals surface area contributed by atoms with Crippen molar-refractivity contribution in [1.29, 1.82) is 0 Å². The number of hydrogen-bond acceptors (Lipinski definition) is 1. The van der Waals surface area contributed by atoms with Crippen molar-refractivity contribution in [2.75, 3.05) is 0 Å². The molecule has 0 heterocycles. The fraction of sp³-hybridized carbons (Fsp3) is 0.667. The van der Waals surface area contributed by atoms with E-state index >= 15 is 0 Å². The molecule has 1 nitrogen and oxygen atoms in total. The van der Waals surface area contributed by atoms with E-state index in [-0.39, 0.29) is 31.0 Å². The van der Waals surface area contributed by atoms with Gasteiger partial charge in [0, 0.05) is 6.42 Å². The van der Waals surface area contributed by atoms with Crippen LogP contribution < -0.4 is 29.6 Å². The molecule has 0 aromatic rings. The molecule has 0 bridgehead atoms. The molecule has 1 aliphatic rings. The zero-order valence-corrected chi connectivity index (χ0v) is 7.35. The van der Waals surface area contributed by atoms with Crippen molar-refractivity contribution in [3.8, 4) is 0 Å². The van der Waals surface area contributed by atoms with Crippen LogP contribution in [0.2, 0.25) is 0 Å². The van der Waals surface area contributed by atoms with Gasteiger partial charge >= 0.3 is 29.6 Å². The molecule has 0 aromatic heterocycles. The summed E-state index contributed by atoms with van der Waals surface area (Å²) in [6.45, 7) is 0.